The average molecular weight is 387 g/mol. The molecular weight excluding hydrogens is 371 g/mol. The maximum atomic E-state index is 12.8. The van der Waals surface area contributed by atoms with Crippen molar-refractivity contribution >= 4 is 11.6 Å². The van der Waals surface area contributed by atoms with E-state index in [1.54, 1.807) is 31.2 Å². The normalized spacial score (nSPS) is 11.3. The fraction of sp³-hybridized carbons (Fsp3) is 0.150. The molecule has 1 N–H and O–H groups in total. The van der Waals surface area contributed by atoms with Crippen molar-refractivity contribution in [2.75, 3.05) is 5.32 Å². The molecule has 5 nitrogen and oxygen atoms in total. The molecule has 28 heavy (non-hydrogen) atoms. The van der Waals surface area contributed by atoms with Gasteiger partial charge in [0.1, 0.15) is 12.4 Å². The summed E-state index contributed by atoms with van der Waals surface area (Å²) < 4.78 is 39.6. The number of rotatable bonds is 4. The van der Waals surface area contributed by atoms with Crippen LogP contribution < -0.4 is 10.9 Å². The largest absolute Gasteiger partial charge is 0.416 e. The predicted molar refractivity (Wildman–Crippen MR) is 98.7 cm³/mol. The molecule has 144 valence electrons. The number of nitrogens with zero attached hydrogens (tertiary/aromatic N) is 2. The summed E-state index contributed by atoms with van der Waals surface area (Å²) in [5.41, 5.74) is -0.155. The highest BCUT2D eigenvalue weighted by Crippen LogP contribution is 2.30. The van der Waals surface area contributed by atoms with Gasteiger partial charge in [0.05, 0.1) is 5.56 Å². The minimum Gasteiger partial charge on any atom is -0.325 e. The summed E-state index contributed by atoms with van der Waals surface area (Å²) >= 11 is 0. The molecule has 3 rings (SSSR count). The topological polar surface area (TPSA) is 64.0 Å². The number of carbonyl (C=O) groups excluding carboxylic acids is 1. The highest BCUT2D eigenvalue weighted by Gasteiger charge is 2.30. The van der Waals surface area contributed by atoms with Gasteiger partial charge in [-0.1, -0.05) is 36.4 Å². The lowest BCUT2D eigenvalue weighted by molar-refractivity contribution is -0.137. The first-order valence-corrected chi connectivity index (χ1v) is 8.35. The lowest BCUT2D eigenvalue weighted by atomic mass is 10.2. The molecule has 0 aliphatic heterocycles. The first-order valence-electron chi connectivity index (χ1n) is 8.35. The van der Waals surface area contributed by atoms with Gasteiger partial charge < -0.3 is 5.32 Å². The van der Waals surface area contributed by atoms with E-state index in [0.29, 0.717) is 17.1 Å². The number of benzene rings is 2. The van der Waals surface area contributed by atoms with Gasteiger partial charge in [-0.3, -0.25) is 14.2 Å². The van der Waals surface area contributed by atoms with Crippen LogP contribution in [-0.4, -0.2) is 15.5 Å². The Hall–Kier alpha value is -3.42. The van der Waals surface area contributed by atoms with E-state index in [4.69, 9.17) is 0 Å². The Kier molecular flexibility index (Phi) is 5.30. The third-order valence-electron chi connectivity index (χ3n) is 3.94. The summed E-state index contributed by atoms with van der Waals surface area (Å²) in [5.74, 6) is -0.325. The van der Waals surface area contributed by atoms with Crippen molar-refractivity contribution in [1.82, 2.24) is 9.55 Å². The summed E-state index contributed by atoms with van der Waals surface area (Å²) in [6, 6.07) is 14.5. The van der Waals surface area contributed by atoms with E-state index >= 15 is 0 Å². The molecule has 2 aromatic carbocycles. The lowest BCUT2D eigenvalue weighted by Crippen LogP contribution is -2.29. The number of nitrogens with one attached hydrogen (secondary N) is 1. The highest BCUT2D eigenvalue weighted by atomic mass is 19.4. The van der Waals surface area contributed by atoms with Gasteiger partial charge in [0.25, 0.3) is 5.56 Å². The van der Waals surface area contributed by atoms with Gasteiger partial charge in [0.15, 0.2) is 0 Å². The summed E-state index contributed by atoms with van der Waals surface area (Å²) in [7, 11) is 0. The molecule has 1 aromatic heterocycles. The molecule has 0 unspecified atom stereocenters. The minimum atomic E-state index is -4.51. The zero-order valence-electron chi connectivity index (χ0n) is 14.8. The van der Waals surface area contributed by atoms with Gasteiger partial charge in [-0.15, -0.1) is 0 Å². The molecule has 1 heterocycles. The van der Waals surface area contributed by atoms with Gasteiger partial charge >= 0.3 is 6.18 Å². The molecule has 0 fully saturated rings. The van der Waals surface area contributed by atoms with E-state index in [2.05, 4.69) is 10.3 Å². The van der Waals surface area contributed by atoms with Crippen LogP contribution in [0.15, 0.2) is 65.5 Å². The predicted octanol–water partition coefficient (Wildman–Crippen LogP) is 3.88. The Labute approximate surface area is 158 Å². The standard InChI is InChI=1S/C20H16F3N3O2/c1-13-10-18(28)26(19(24-13)14-6-3-2-4-7-14)12-17(27)25-16-9-5-8-15(11-16)20(21,22)23/h2-11H,12H2,1H3,(H,25,27). The van der Waals surface area contributed by atoms with Crippen molar-refractivity contribution in [3.63, 3.8) is 0 Å². The number of hydrogen-bond donors (Lipinski definition) is 1. The van der Waals surface area contributed by atoms with Crippen LogP contribution in [0, 0.1) is 6.92 Å². The van der Waals surface area contributed by atoms with Gasteiger partial charge in [0, 0.05) is 23.0 Å². The summed E-state index contributed by atoms with van der Waals surface area (Å²) in [4.78, 5) is 29.1. The molecule has 0 saturated heterocycles. The van der Waals surface area contributed by atoms with Crippen LogP contribution in [-0.2, 0) is 17.5 Å². The molecule has 1 amide bonds. The number of alkyl halides is 3. The van der Waals surface area contributed by atoms with Crippen LogP contribution >= 0.6 is 0 Å². The van der Waals surface area contributed by atoms with Gasteiger partial charge in [-0.05, 0) is 25.1 Å². The SMILES string of the molecule is Cc1cc(=O)n(CC(=O)Nc2cccc(C(F)(F)F)c2)c(-c2ccccc2)n1. The maximum absolute atomic E-state index is 12.8. The molecule has 0 aliphatic carbocycles. The molecule has 0 atom stereocenters. The van der Waals surface area contributed by atoms with Gasteiger partial charge in [-0.25, -0.2) is 4.98 Å². The third kappa shape index (κ3) is 4.46. The summed E-state index contributed by atoms with van der Waals surface area (Å²) in [6.45, 7) is 1.29. The Morgan fingerprint density at radius 2 is 1.79 bits per heavy atom. The van der Waals surface area contributed by atoms with E-state index in [0.717, 1.165) is 12.1 Å². The van der Waals surface area contributed by atoms with Crippen molar-refractivity contribution < 1.29 is 18.0 Å². The molecule has 0 aliphatic rings. The van der Waals surface area contributed by atoms with Gasteiger partial charge in [0.2, 0.25) is 5.91 Å². The summed E-state index contributed by atoms with van der Waals surface area (Å²) in [5, 5.41) is 2.40. The van der Waals surface area contributed by atoms with E-state index in [1.165, 1.54) is 22.8 Å². The van der Waals surface area contributed by atoms with Gasteiger partial charge in [-0.2, -0.15) is 13.2 Å². The number of halogens is 3. The zero-order chi connectivity index (χ0) is 20.3. The Morgan fingerprint density at radius 3 is 2.46 bits per heavy atom. The van der Waals surface area contributed by atoms with Crippen molar-refractivity contribution in [3.05, 3.63) is 82.3 Å². The number of amides is 1. The fourth-order valence-corrected chi connectivity index (χ4v) is 2.70. The lowest BCUT2D eigenvalue weighted by Gasteiger charge is -2.14. The molecule has 8 heteroatoms. The molecule has 0 bridgehead atoms. The Morgan fingerprint density at radius 1 is 1.07 bits per heavy atom. The van der Waals surface area contributed by atoms with Crippen molar-refractivity contribution in [1.29, 1.82) is 0 Å². The number of carbonyl (C=O) groups is 1. The Bertz CT molecular complexity index is 1060. The van der Waals surface area contributed by atoms with E-state index < -0.39 is 23.2 Å². The van der Waals surface area contributed by atoms with Crippen molar-refractivity contribution in [2.45, 2.75) is 19.6 Å². The number of anilines is 1. The van der Waals surface area contributed by atoms with E-state index in [9.17, 15) is 22.8 Å². The second kappa shape index (κ2) is 7.67. The molecule has 0 saturated carbocycles. The van der Waals surface area contributed by atoms with E-state index in [1.807, 2.05) is 6.07 Å². The first kappa shape index (κ1) is 19.3. The van der Waals surface area contributed by atoms with E-state index in [-0.39, 0.29) is 12.2 Å². The number of aromatic nitrogens is 2. The van der Waals surface area contributed by atoms with Crippen LogP contribution in [0.2, 0.25) is 0 Å². The molecular formula is C20H16F3N3O2. The maximum Gasteiger partial charge on any atom is 0.416 e. The van der Waals surface area contributed by atoms with Crippen LogP contribution in [0.3, 0.4) is 0 Å². The molecule has 0 radical (unpaired) electrons. The second-order valence-corrected chi connectivity index (χ2v) is 6.14. The van der Waals surface area contributed by atoms with Crippen LogP contribution in [0.25, 0.3) is 11.4 Å². The van der Waals surface area contributed by atoms with Crippen molar-refractivity contribution in [2.24, 2.45) is 0 Å². The smallest absolute Gasteiger partial charge is 0.325 e. The zero-order valence-corrected chi connectivity index (χ0v) is 14.8. The summed E-state index contributed by atoms with van der Waals surface area (Å²) in [6.07, 6.45) is -4.51. The first-order chi connectivity index (χ1) is 13.2. The monoisotopic (exact) mass is 387 g/mol. The minimum absolute atomic E-state index is 0.00536. The average Bonchev–Trinajstić information content (AvgIpc) is 2.64. The highest BCUT2D eigenvalue weighted by molar-refractivity contribution is 5.90. The second-order valence-electron chi connectivity index (χ2n) is 6.14. The Balaban J connectivity index is 1.88. The quantitative estimate of drug-likeness (QED) is 0.739. The fourth-order valence-electron chi connectivity index (χ4n) is 2.70. The van der Waals surface area contributed by atoms with Crippen molar-refractivity contribution in [3.8, 4) is 11.4 Å². The molecule has 3 aromatic rings. The number of aryl methyl sites for hydroxylation is 1. The molecule has 0 spiro atoms. The van der Waals surface area contributed by atoms with Crippen LogP contribution in [0.1, 0.15) is 11.3 Å². The number of hydrogen-bond acceptors (Lipinski definition) is 3. The van der Waals surface area contributed by atoms with Crippen LogP contribution in [0.4, 0.5) is 18.9 Å². The van der Waals surface area contributed by atoms with Crippen LogP contribution in [0.5, 0.6) is 0 Å². The third-order valence-corrected chi connectivity index (χ3v) is 3.94.